The zero-order valence-electron chi connectivity index (χ0n) is 10.0. The van der Waals surface area contributed by atoms with Crippen molar-refractivity contribution in [2.75, 3.05) is 6.61 Å². The summed E-state index contributed by atoms with van der Waals surface area (Å²) < 4.78 is 5.48. The second-order valence-electron chi connectivity index (χ2n) is 4.63. The van der Waals surface area contributed by atoms with E-state index in [4.69, 9.17) is 10.5 Å². The van der Waals surface area contributed by atoms with Crippen LogP contribution in [0.1, 0.15) is 43.6 Å². The van der Waals surface area contributed by atoms with Crippen molar-refractivity contribution < 1.29 is 9.53 Å². The molecule has 0 unspecified atom stereocenters. The molecule has 1 aromatic rings. The number of carbonyl (C=O) groups excluding carboxylic acids is 1. The molecule has 2 N–H and O–H groups in total. The molecule has 0 heterocycles. The van der Waals surface area contributed by atoms with Crippen LogP contribution in [0, 0.1) is 0 Å². The Morgan fingerprint density at radius 1 is 1.24 bits per heavy atom. The van der Waals surface area contributed by atoms with Gasteiger partial charge in [-0.05, 0) is 30.4 Å². The molecule has 0 aliphatic heterocycles. The van der Waals surface area contributed by atoms with E-state index < -0.39 is 5.91 Å². The number of carbonyl (C=O) groups is 1. The molecule has 17 heavy (non-hydrogen) atoms. The number of hydrogen-bond acceptors (Lipinski definition) is 2. The number of para-hydroxylation sites is 1. The number of rotatable bonds is 4. The van der Waals surface area contributed by atoms with Gasteiger partial charge in [-0.15, -0.1) is 0 Å². The van der Waals surface area contributed by atoms with Gasteiger partial charge in [-0.1, -0.05) is 37.5 Å². The highest BCUT2D eigenvalue weighted by molar-refractivity contribution is 5.75. The fourth-order valence-corrected chi connectivity index (χ4v) is 2.51. The molecule has 92 valence electrons. The van der Waals surface area contributed by atoms with Crippen molar-refractivity contribution in [1.29, 1.82) is 0 Å². The molecule has 3 heteroatoms. The molecule has 1 aromatic carbocycles. The third-order valence-electron chi connectivity index (χ3n) is 3.33. The van der Waals surface area contributed by atoms with Crippen LogP contribution in [0.3, 0.4) is 0 Å². The largest absolute Gasteiger partial charge is 0.483 e. The monoisotopic (exact) mass is 233 g/mol. The Hall–Kier alpha value is -1.51. The number of benzene rings is 1. The predicted octanol–water partition coefficient (Wildman–Crippen LogP) is 2.60. The third-order valence-corrected chi connectivity index (χ3v) is 3.33. The average Bonchev–Trinajstić information content (AvgIpc) is 2.38. The summed E-state index contributed by atoms with van der Waals surface area (Å²) in [5.41, 5.74) is 6.33. The minimum absolute atomic E-state index is 0.0380. The summed E-state index contributed by atoms with van der Waals surface area (Å²) in [5.74, 6) is 0.967. The summed E-state index contributed by atoms with van der Waals surface area (Å²) in [5, 5.41) is 0. The van der Waals surface area contributed by atoms with Gasteiger partial charge in [0.2, 0.25) is 0 Å². The maximum atomic E-state index is 10.8. The summed E-state index contributed by atoms with van der Waals surface area (Å²) in [6.45, 7) is -0.0380. The molecule has 3 nitrogen and oxygen atoms in total. The van der Waals surface area contributed by atoms with E-state index in [1.165, 1.54) is 37.7 Å². The first-order chi connectivity index (χ1) is 8.27. The van der Waals surface area contributed by atoms with Crippen LogP contribution in [-0.4, -0.2) is 12.5 Å². The van der Waals surface area contributed by atoms with Crippen LogP contribution in [0.4, 0.5) is 0 Å². The minimum atomic E-state index is -0.427. The first kappa shape index (κ1) is 12.0. The van der Waals surface area contributed by atoms with Gasteiger partial charge >= 0.3 is 0 Å². The van der Waals surface area contributed by atoms with Gasteiger partial charge in [0.05, 0.1) is 0 Å². The molecule has 0 spiro atoms. The second-order valence-corrected chi connectivity index (χ2v) is 4.63. The predicted molar refractivity (Wildman–Crippen MR) is 67.0 cm³/mol. The van der Waals surface area contributed by atoms with Crippen molar-refractivity contribution in [3.63, 3.8) is 0 Å². The molecular weight excluding hydrogens is 214 g/mol. The van der Waals surface area contributed by atoms with Crippen molar-refractivity contribution in [1.82, 2.24) is 0 Å². The Morgan fingerprint density at radius 3 is 2.65 bits per heavy atom. The van der Waals surface area contributed by atoms with Gasteiger partial charge in [-0.2, -0.15) is 0 Å². The lowest BCUT2D eigenvalue weighted by atomic mass is 9.84. The quantitative estimate of drug-likeness (QED) is 0.869. The summed E-state index contributed by atoms with van der Waals surface area (Å²) in [7, 11) is 0. The van der Waals surface area contributed by atoms with Crippen molar-refractivity contribution in [3.8, 4) is 5.75 Å². The van der Waals surface area contributed by atoms with Crippen molar-refractivity contribution >= 4 is 5.91 Å². The highest BCUT2D eigenvalue weighted by Gasteiger charge is 2.18. The number of amides is 1. The number of ether oxygens (including phenoxy) is 1. The van der Waals surface area contributed by atoms with E-state index in [0.717, 1.165) is 5.75 Å². The van der Waals surface area contributed by atoms with E-state index in [9.17, 15) is 4.79 Å². The van der Waals surface area contributed by atoms with E-state index in [1.54, 1.807) is 0 Å². The van der Waals surface area contributed by atoms with Gasteiger partial charge in [0.15, 0.2) is 6.61 Å². The average molecular weight is 233 g/mol. The Kier molecular flexibility index (Phi) is 4.02. The number of primary amides is 1. The van der Waals surface area contributed by atoms with E-state index in [2.05, 4.69) is 6.07 Å². The third kappa shape index (κ3) is 3.22. The highest BCUT2D eigenvalue weighted by Crippen LogP contribution is 2.37. The SMILES string of the molecule is NC(=O)COc1ccccc1C1CCCCC1. The van der Waals surface area contributed by atoms with Crippen LogP contribution in [0.25, 0.3) is 0 Å². The molecule has 1 amide bonds. The van der Waals surface area contributed by atoms with Crippen LogP contribution in [-0.2, 0) is 4.79 Å². The van der Waals surface area contributed by atoms with Crippen molar-refractivity contribution in [2.24, 2.45) is 5.73 Å². The maximum absolute atomic E-state index is 10.8. The maximum Gasteiger partial charge on any atom is 0.255 e. The fraction of sp³-hybridized carbons (Fsp3) is 0.500. The number of nitrogens with two attached hydrogens (primary N) is 1. The van der Waals surface area contributed by atoms with Crippen molar-refractivity contribution in [3.05, 3.63) is 29.8 Å². The molecular formula is C14H19NO2. The molecule has 2 rings (SSSR count). The first-order valence-electron chi connectivity index (χ1n) is 6.27. The van der Waals surface area contributed by atoms with E-state index >= 15 is 0 Å². The standard InChI is InChI=1S/C14H19NO2/c15-14(16)10-17-13-9-5-4-8-12(13)11-6-2-1-3-7-11/h4-5,8-9,11H,1-3,6-7,10H2,(H2,15,16). The van der Waals surface area contributed by atoms with Crippen LogP contribution in [0.15, 0.2) is 24.3 Å². The topological polar surface area (TPSA) is 52.3 Å². The Bertz CT molecular complexity index is 384. The zero-order valence-corrected chi connectivity index (χ0v) is 10.0. The number of hydrogen-bond donors (Lipinski definition) is 1. The van der Waals surface area contributed by atoms with Gasteiger partial charge < -0.3 is 10.5 Å². The lowest BCUT2D eigenvalue weighted by Gasteiger charge is -2.23. The fourth-order valence-electron chi connectivity index (χ4n) is 2.51. The summed E-state index contributed by atoms with van der Waals surface area (Å²) >= 11 is 0. The molecule has 0 saturated heterocycles. The summed E-state index contributed by atoms with van der Waals surface area (Å²) in [4.78, 5) is 10.8. The second kappa shape index (κ2) is 5.71. The molecule has 1 fully saturated rings. The molecule has 0 bridgehead atoms. The minimum Gasteiger partial charge on any atom is -0.483 e. The van der Waals surface area contributed by atoms with Gasteiger partial charge in [0, 0.05) is 0 Å². The highest BCUT2D eigenvalue weighted by atomic mass is 16.5. The van der Waals surface area contributed by atoms with Gasteiger partial charge in [0.1, 0.15) is 5.75 Å². The Labute approximate surface area is 102 Å². The van der Waals surface area contributed by atoms with Crippen LogP contribution in [0.5, 0.6) is 5.75 Å². The van der Waals surface area contributed by atoms with Gasteiger partial charge in [0.25, 0.3) is 5.91 Å². The smallest absolute Gasteiger partial charge is 0.255 e. The molecule has 1 aliphatic rings. The Morgan fingerprint density at radius 2 is 1.94 bits per heavy atom. The zero-order chi connectivity index (χ0) is 12.1. The van der Waals surface area contributed by atoms with E-state index in [1.807, 2.05) is 18.2 Å². The molecule has 0 aromatic heterocycles. The Balaban J connectivity index is 2.11. The van der Waals surface area contributed by atoms with E-state index in [0.29, 0.717) is 5.92 Å². The summed E-state index contributed by atoms with van der Waals surface area (Å²) in [6, 6.07) is 7.99. The van der Waals surface area contributed by atoms with E-state index in [-0.39, 0.29) is 6.61 Å². The van der Waals surface area contributed by atoms with Crippen LogP contribution >= 0.6 is 0 Å². The first-order valence-corrected chi connectivity index (χ1v) is 6.27. The molecule has 1 saturated carbocycles. The molecule has 0 atom stereocenters. The lowest BCUT2D eigenvalue weighted by molar-refractivity contribution is -0.119. The van der Waals surface area contributed by atoms with Crippen molar-refractivity contribution in [2.45, 2.75) is 38.0 Å². The van der Waals surface area contributed by atoms with Crippen LogP contribution in [0.2, 0.25) is 0 Å². The summed E-state index contributed by atoms with van der Waals surface area (Å²) in [6.07, 6.45) is 6.35. The van der Waals surface area contributed by atoms with Gasteiger partial charge in [-0.3, -0.25) is 4.79 Å². The molecule has 1 aliphatic carbocycles. The molecule has 0 radical (unpaired) electrons. The normalized spacial score (nSPS) is 16.7. The van der Waals surface area contributed by atoms with Gasteiger partial charge in [-0.25, -0.2) is 0 Å². The lowest BCUT2D eigenvalue weighted by Crippen LogP contribution is -2.20. The van der Waals surface area contributed by atoms with Crippen LogP contribution < -0.4 is 10.5 Å².